The van der Waals surface area contributed by atoms with Crippen molar-refractivity contribution in [1.82, 2.24) is 4.98 Å². The summed E-state index contributed by atoms with van der Waals surface area (Å²) in [7, 11) is 0. The minimum atomic E-state index is -5.09. The van der Waals surface area contributed by atoms with Crippen molar-refractivity contribution >= 4 is 0 Å². The predicted octanol–water partition coefficient (Wildman–Crippen LogP) is 0.685. The van der Waals surface area contributed by atoms with E-state index in [2.05, 4.69) is 4.74 Å². The number of nitrogens with one attached hydrogen (secondary N) is 1. The highest BCUT2D eigenvalue weighted by atomic mass is 19.4. The number of H-pyrrole nitrogens is 1. The average Bonchev–Trinajstić information content (AvgIpc) is 2.04. The Morgan fingerprint density at radius 2 is 1.93 bits per heavy atom. The molecule has 0 bridgehead atoms. The maximum Gasteiger partial charge on any atom is 0.573 e. The van der Waals surface area contributed by atoms with Crippen LogP contribution in [0.3, 0.4) is 0 Å². The van der Waals surface area contributed by atoms with Crippen LogP contribution in [-0.4, -0.2) is 21.6 Å². The van der Waals surface area contributed by atoms with Crippen molar-refractivity contribution in [2.24, 2.45) is 0 Å². The monoisotopic (exact) mass is 211 g/mol. The summed E-state index contributed by atoms with van der Waals surface area (Å²) in [5.41, 5.74) is -1.19. The van der Waals surface area contributed by atoms with Crippen LogP contribution in [0.1, 0.15) is 0 Å². The van der Waals surface area contributed by atoms with Crippen LogP contribution < -0.4 is 10.3 Å². The van der Waals surface area contributed by atoms with Gasteiger partial charge in [-0.15, -0.1) is 13.2 Å². The SMILES string of the molecule is O=c1[nH]cc(O)c(OC(F)(F)F)c1O. The van der Waals surface area contributed by atoms with Gasteiger partial charge in [0.15, 0.2) is 5.75 Å². The fourth-order valence-corrected chi connectivity index (χ4v) is 0.709. The van der Waals surface area contributed by atoms with Crippen molar-refractivity contribution in [1.29, 1.82) is 0 Å². The standard InChI is InChI=1S/C6H4F3NO4/c7-6(8,9)14-4-2(11)1-10-5(13)3(4)12/h1,11-12H,(H,10,13). The summed E-state index contributed by atoms with van der Waals surface area (Å²) in [5.74, 6) is -3.66. The molecule has 78 valence electrons. The summed E-state index contributed by atoms with van der Waals surface area (Å²) in [6.07, 6.45) is -4.52. The number of aromatic hydroxyl groups is 2. The van der Waals surface area contributed by atoms with Crippen LogP contribution in [0, 0.1) is 0 Å². The van der Waals surface area contributed by atoms with Gasteiger partial charge in [-0.2, -0.15) is 0 Å². The van der Waals surface area contributed by atoms with Gasteiger partial charge in [0.2, 0.25) is 11.5 Å². The first-order chi connectivity index (χ1) is 6.31. The molecule has 14 heavy (non-hydrogen) atoms. The third kappa shape index (κ3) is 2.09. The third-order valence-corrected chi connectivity index (χ3v) is 1.22. The molecular formula is C6H4F3NO4. The first kappa shape index (κ1) is 10.2. The summed E-state index contributed by atoms with van der Waals surface area (Å²) in [5, 5.41) is 17.6. The number of pyridine rings is 1. The normalized spacial score (nSPS) is 11.4. The second kappa shape index (κ2) is 3.13. The Labute approximate surface area is 74.4 Å². The molecule has 5 nitrogen and oxygen atoms in total. The van der Waals surface area contributed by atoms with E-state index in [0.717, 1.165) is 0 Å². The van der Waals surface area contributed by atoms with Crippen molar-refractivity contribution in [2.75, 3.05) is 0 Å². The molecule has 1 heterocycles. The van der Waals surface area contributed by atoms with E-state index in [1.165, 1.54) is 0 Å². The molecule has 0 aliphatic heterocycles. The molecule has 0 saturated carbocycles. The van der Waals surface area contributed by atoms with Gasteiger partial charge >= 0.3 is 6.36 Å². The molecule has 0 aliphatic rings. The number of halogens is 3. The largest absolute Gasteiger partial charge is 0.573 e. The first-order valence-corrected chi connectivity index (χ1v) is 3.20. The first-order valence-electron chi connectivity index (χ1n) is 3.20. The van der Waals surface area contributed by atoms with Crippen LogP contribution in [0.25, 0.3) is 0 Å². The smallest absolute Gasteiger partial charge is 0.503 e. The minimum absolute atomic E-state index is 0.573. The third-order valence-electron chi connectivity index (χ3n) is 1.22. The Morgan fingerprint density at radius 1 is 1.36 bits per heavy atom. The van der Waals surface area contributed by atoms with Crippen LogP contribution in [0.5, 0.6) is 17.2 Å². The zero-order chi connectivity index (χ0) is 10.9. The van der Waals surface area contributed by atoms with Gasteiger partial charge in [0.1, 0.15) is 0 Å². The van der Waals surface area contributed by atoms with Gasteiger partial charge in [-0.05, 0) is 0 Å². The molecule has 1 rings (SSSR count). The summed E-state index contributed by atoms with van der Waals surface area (Å²) in [6.45, 7) is 0. The number of alkyl halides is 3. The number of hydrogen-bond donors (Lipinski definition) is 3. The van der Waals surface area contributed by atoms with Crippen molar-refractivity contribution in [3.05, 3.63) is 16.6 Å². The van der Waals surface area contributed by atoms with Crippen molar-refractivity contribution in [3.8, 4) is 17.2 Å². The number of hydrogen-bond acceptors (Lipinski definition) is 4. The molecule has 0 fully saturated rings. The number of ether oxygens (including phenoxy) is 1. The van der Waals surface area contributed by atoms with Gasteiger partial charge < -0.3 is 19.9 Å². The lowest BCUT2D eigenvalue weighted by Gasteiger charge is -2.10. The van der Waals surface area contributed by atoms with Crippen LogP contribution in [0.4, 0.5) is 13.2 Å². The molecule has 1 aromatic rings. The molecule has 0 aromatic carbocycles. The molecular weight excluding hydrogens is 207 g/mol. The van der Waals surface area contributed by atoms with Crippen LogP contribution >= 0.6 is 0 Å². The maximum absolute atomic E-state index is 11.7. The number of aromatic nitrogens is 1. The molecule has 3 N–H and O–H groups in total. The van der Waals surface area contributed by atoms with E-state index >= 15 is 0 Å². The van der Waals surface area contributed by atoms with Crippen LogP contribution in [0.2, 0.25) is 0 Å². The topological polar surface area (TPSA) is 82.6 Å². The van der Waals surface area contributed by atoms with Gasteiger partial charge in [0.05, 0.1) is 6.20 Å². The highest BCUT2D eigenvalue weighted by Gasteiger charge is 2.34. The number of aromatic amines is 1. The Hall–Kier alpha value is -1.86. The van der Waals surface area contributed by atoms with Crippen molar-refractivity contribution in [3.63, 3.8) is 0 Å². The van der Waals surface area contributed by atoms with Gasteiger partial charge in [0.25, 0.3) is 5.56 Å². The fourth-order valence-electron chi connectivity index (χ4n) is 0.709. The Bertz CT molecular complexity index is 397. The second-order valence-corrected chi connectivity index (χ2v) is 2.23. The molecule has 1 aromatic heterocycles. The molecule has 0 amide bonds. The summed E-state index contributed by atoms with van der Waals surface area (Å²) in [6, 6.07) is 0. The van der Waals surface area contributed by atoms with Gasteiger partial charge in [-0.1, -0.05) is 0 Å². The molecule has 0 radical (unpaired) electrons. The van der Waals surface area contributed by atoms with Crippen molar-refractivity contribution in [2.45, 2.75) is 6.36 Å². The fraction of sp³-hybridized carbons (Fsp3) is 0.167. The van der Waals surface area contributed by atoms with Gasteiger partial charge in [-0.25, -0.2) is 0 Å². The molecule has 8 heteroatoms. The van der Waals surface area contributed by atoms with E-state index < -0.39 is 29.2 Å². The van der Waals surface area contributed by atoms with E-state index in [0.29, 0.717) is 6.20 Å². The Balaban J connectivity index is 3.20. The molecule has 0 saturated heterocycles. The van der Waals surface area contributed by atoms with Crippen molar-refractivity contribution < 1.29 is 28.1 Å². The van der Waals surface area contributed by atoms with Crippen LogP contribution in [-0.2, 0) is 0 Å². The van der Waals surface area contributed by atoms with Crippen LogP contribution in [0.15, 0.2) is 11.0 Å². The number of rotatable bonds is 1. The van der Waals surface area contributed by atoms with E-state index in [1.54, 1.807) is 4.98 Å². The maximum atomic E-state index is 11.7. The van der Waals surface area contributed by atoms with Gasteiger partial charge in [-0.3, -0.25) is 4.79 Å². The highest BCUT2D eigenvalue weighted by Crippen LogP contribution is 2.35. The minimum Gasteiger partial charge on any atom is -0.503 e. The van der Waals surface area contributed by atoms with Gasteiger partial charge in [0, 0.05) is 0 Å². The van der Waals surface area contributed by atoms with E-state index in [4.69, 9.17) is 10.2 Å². The molecule has 0 atom stereocenters. The zero-order valence-electron chi connectivity index (χ0n) is 6.42. The second-order valence-electron chi connectivity index (χ2n) is 2.23. The van der Waals surface area contributed by atoms with E-state index in [-0.39, 0.29) is 0 Å². The lowest BCUT2D eigenvalue weighted by atomic mass is 10.4. The van der Waals surface area contributed by atoms with E-state index in [9.17, 15) is 18.0 Å². The Kier molecular flexibility index (Phi) is 2.28. The summed E-state index contributed by atoms with van der Waals surface area (Å²) < 4.78 is 38.3. The Morgan fingerprint density at radius 3 is 2.43 bits per heavy atom. The lowest BCUT2D eigenvalue weighted by Crippen LogP contribution is -2.19. The average molecular weight is 211 g/mol. The summed E-state index contributed by atoms with van der Waals surface area (Å²) in [4.78, 5) is 12.4. The quantitative estimate of drug-likeness (QED) is 0.638. The molecule has 0 spiro atoms. The zero-order valence-corrected chi connectivity index (χ0v) is 6.42. The summed E-state index contributed by atoms with van der Waals surface area (Å²) >= 11 is 0. The molecule has 0 aliphatic carbocycles. The van der Waals surface area contributed by atoms with E-state index in [1.807, 2.05) is 0 Å². The predicted molar refractivity (Wildman–Crippen MR) is 37.1 cm³/mol. The lowest BCUT2D eigenvalue weighted by molar-refractivity contribution is -0.275. The molecule has 0 unspecified atom stereocenters. The highest BCUT2D eigenvalue weighted by molar-refractivity contribution is 5.46.